The lowest BCUT2D eigenvalue weighted by Crippen LogP contribution is -2.12. The Morgan fingerprint density at radius 1 is 1.17 bits per heavy atom. The second-order valence-electron chi connectivity index (χ2n) is 3.85. The Bertz CT molecular complexity index is 283. The minimum Gasteiger partial charge on any atom is -0.294 e. The van der Waals surface area contributed by atoms with Crippen LogP contribution in [0.5, 0.6) is 0 Å². The summed E-state index contributed by atoms with van der Waals surface area (Å²) in [6, 6.07) is 0. The molecule has 64 valence electrons. The van der Waals surface area contributed by atoms with E-state index in [4.69, 9.17) is 0 Å². The van der Waals surface area contributed by atoms with E-state index in [0.29, 0.717) is 11.7 Å². The number of ketones is 1. The van der Waals surface area contributed by atoms with Gasteiger partial charge in [-0.05, 0) is 38.2 Å². The fourth-order valence-corrected chi connectivity index (χ4v) is 2.15. The average molecular weight is 162 g/mol. The van der Waals surface area contributed by atoms with Crippen molar-refractivity contribution in [3.05, 3.63) is 23.3 Å². The molecule has 2 unspecified atom stereocenters. The van der Waals surface area contributed by atoms with Crippen LogP contribution in [0.2, 0.25) is 0 Å². The molecule has 3 rings (SSSR count). The molecule has 0 saturated carbocycles. The number of fused-ring (bicyclic) bond motifs is 2. The first kappa shape index (κ1) is 7.78. The van der Waals surface area contributed by atoms with Gasteiger partial charge in [0.15, 0.2) is 5.78 Å². The third-order valence-corrected chi connectivity index (χ3v) is 3.22. The van der Waals surface area contributed by atoms with Gasteiger partial charge in [0.05, 0.1) is 0 Å². The van der Waals surface area contributed by atoms with Crippen LogP contribution in [0.15, 0.2) is 23.3 Å². The quantitative estimate of drug-likeness (QED) is 0.500. The summed E-state index contributed by atoms with van der Waals surface area (Å²) >= 11 is 0. The molecule has 3 aliphatic rings. The van der Waals surface area contributed by atoms with Gasteiger partial charge in [-0.15, -0.1) is 0 Å². The van der Waals surface area contributed by atoms with E-state index in [1.165, 1.54) is 5.57 Å². The van der Waals surface area contributed by atoms with Crippen LogP contribution in [0.4, 0.5) is 0 Å². The van der Waals surface area contributed by atoms with Crippen molar-refractivity contribution in [2.75, 3.05) is 0 Å². The molecule has 2 atom stereocenters. The number of Topliss-reactive ketones (excluding diaryl/α,β-unsaturated/α-hetero) is 1. The summed E-state index contributed by atoms with van der Waals surface area (Å²) in [7, 11) is 0. The molecular weight excluding hydrogens is 148 g/mol. The molecule has 1 nitrogen and oxygen atoms in total. The molecule has 0 aromatic heterocycles. The number of allylic oxidation sites excluding steroid dienone is 4. The van der Waals surface area contributed by atoms with Gasteiger partial charge in [-0.25, -0.2) is 0 Å². The van der Waals surface area contributed by atoms with Gasteiger partial charge < -0.3 is 0 Å². The van der Waals surface area contributed by atoms with Crippen LogP contribution >= 0.6 is 0 Å². The van der Waals surface area contributed by atoms with Gasteiger partial charge in [0.25, 0.3) is 0 Å². The van der Waals surface area contributed by atoms with Crippen molar-refractivity contribution in [3.8, 4) is 0 Å². The number of carbonyl (C=O) groups excluding carboxylic acids is 1. The fraction of sp³-hybridized carbons (Fsp3) is 0.545. The Morgan fingerprint density at radius 3 is 2.33 bits per heavy atom. The lowest BCUT2D eigenvalue weighted by atomic mass is 9.88. The highest BCUT2D eigenvalue weighted by atomic mass is 16.1. The highest BCUT2D eigenvalue weighted by Crippen LogP contribution is 2.35. The predicted molar refractivity (Wildman–Crippen MR) is 48.7 cm³/mol. The zero-order chi connectivity index (χ0) is 8.72. The van der Waals surface area contributed by atoms with E-state index in [9.17, 15) is 4.79 Å². The summed E-state index contributed by atoms with van der Waals surface area (Å²) in [5, 5.41) is 0. The van der Waals surface area contributed by atoms with Crippen LogP contribution in [-0.4, -0.2) is 5.78 Å². The smallest absolute Gasteiger partial charge is 0.165 e. The van der Waals surface area contributed by atoms with Crippen molar-refractivity contribution in [3.63, 3.8) is 0 Å². The summed E-state index contributed by atoms with van der Waals surface area (Å²) < 4.78 is 0. The first-order valence-corrected chi connectivity index (χ1v) is 4.60. The van der Waals surface area contributed by atoms with Crippen LogP contribution in [0.25, 0.3) is 0 Å². The molecule has 0 aromatic carbocycles. The molecule has 0 radical (unpaired) electrons. The van der Waals surface area contributed by atoms with Crippen molar-refractivity contribution in [2.24, 2.45) is 11.8 Å². The second-order valence-corrected chi connectivity index (χ2v) is 3.85. The summed E-state index contributed by atoms with van der Waals surface area (Å²) in [6.07, 6.45) is 6.51. The molecule has 0 N–H and O–H groups in total. The molecule has 0 aliphatic heterocycles. The maximum Gasteiger partial charge on any atom is 0.165 e. The van der Waals surface area contributed by atoms with Crippen molar-refractivity contribution in [1.82, 2.24) is 0 Å². The molecule has 12 heavy (non-hydrogen) atoms. The highest BCUT2D eigenvalue weighted by molar-refractivity contribution is 5.99. The fourth-order valence-electron chi connectivity index (χ4n) is 2.15. The topological polar surface area (TPSA) is 17.1 Å². The first-order valence-electron chi connectivity index (χ1n) is 4.60. The molecule has 0 saturated heterocycles. The normalized spacial score (nSPS) is 34.3. The Morgan fingerprint density at radius 2 is 1.75 bits per heavy atom. The Hall–Kier alpha value is -0.850. The van der Waals surface area contributed by atoms with Crippen LogP contribution < -0.4 is 0 Å². The van der Waals surface area contributed by atoms with Crippen molar-refractivity contribution in [1.29, 1.82) is 0 Å². The third kappa shape index (κ3) is 0.961. The molecule has 3 aliphatic carbocycles. The lowest BCUT2D eigenvalue weighted by molar-refractivity contribution is -0.117. The number of hydrogen-bond donors (Lipinski definition) is 0. The number of rotatable bonds is 0. The van der Waals surface area contributed by atoms with Gasteiger partial charge in [-0.2, -0.15) is 0 Å². The van der Waals surface area contributed by atoms with Gasteiger partial charge in [-0.3, -0.25) is 4.79 Å². The van der Waals surface area contributed by atoms with E-state index in [1.54, 1.807) is 0 Å². The van der Waals surface area contributed by atoms with Crippen LogP contribution in [-0.2, 0) is 4.79 Å². The average Bonchev–Trinajstić information content (AvgIpc) is 2.27. The molecule has 0 amide bonds. The van der Waals surface area contributed by atoms with Gasteiger partial charge in [0.2, 0.25) is 0 Å². The van der Waals surface area contributed by atoms with E-state index in [2.05, 4.69) is 19.1 Å². The van der Waals surface area contributed by atoms with E-state index in [-0.39, 0.29) is 5.92 Å². The van der Waals surface area contributed by atoms with E-state index >= 15 is 0 Å². The zero-order valence-corrected chi connectivity index (χ0v) is 7.63. The summed E-state index contributed by atoms with van der Waals surface area (Å²) in [5.41, 5.74) is 2.30. The third-order valence-electron chi connectivity index (χ3n) is 3.22. The van der Waals surface area contributed by atoms with Gasteiger partial charge in [0, 0.05) is 5.92 Å². The minimum absolute atomic E-state index is 0.193. The molecule has 0 aromatic rings. The molecule has 2 bridgehead atoms. The van der Waals surface area contributed by atoms with Gasteiger partial charge in [-0.1, -0.05) is 17.7 Å². The lowest BCUT2D eigenvalue weighted by Gasteiger charge is -2.16. The van der Waals surface area contributed by atoms with Gasteiger partial charge in [0.1, 0.15) is 0 Å². The van der Waals surface area contributed by atoms with E-state index < -0.39 is 0 Å². The van der Waals surface area contributed by atoms with Crippen LogP contribution in [0.1, 0.15) is 26.7 Å². The minimum atomic E-state index is 0.193. The molecular formula is C11H14O. The van der Waals surface area contributed by atoms with Crippen molar-refractivity contribution < 1.29 is 4.79 Å². The van der Waals surface area contributed by atoms with E-state index in [1.807, 2.05) is 6.92 Å². The Labute approximate surface area is 73.2 Å². The largest absolute Gasteiger partial charge is 0.294 e. The summed E-state index contributed by atoms with van der Waals surface area (Å²) in [6.45, 7) is 4.06. The van der Waals surface area contributed by atoms with E-state index in [0.717, 1.165) is 18.4 Å². The molecule has 0 fully saturated rings. The number of carbonyl (C=O) groups is 1. The Kier molecular flexibility index (Phi) is 1.67. The highest BCUT2D eigenvalue weighted by Gasteiger charge is 2.29. The predicted octanol–water partition coefficient (Wildman–Crippen LogP) is 2.49. The maximum atomic E-state index is 11.7. The van der Waals surface area contributed by atoms with Crippen molar-refractivity contribution >= 4 is 5.78 Å². The molecule has 0 heterocycles. The standard InChI is InChI=1S/C11H14O/c1-7-8(2)11(12)10-5-3-9(7)4-6-10/h3,5,9-10H,4,6H2,1-2H3. The molecule has 1 heteroatoms. The summed E-state index contributed by atoms with van der Waals surface area (Å²) in [5.74, 6) is 1.09. The zero-order valence-electron chi connectivity index (χ0n) is 7.63. The SMILES string of the molecule is CC1=C(C)C2C=CC(CC2)C1=O. The van der Waals surface area contributed by atoms with Crippen LogP contribution in [0.3, 0.4) is 0 Å². The Balaban J connectivity index is 2.49. The monoisotopic (exact) mass is 162 g/mol. The number of hydrogen-bond acceptors (Lipinski definition) is 1. The first-order chi connectivity index (χ1) is 5.70. The van der Waals surface area contributed by atoms with Crippen molar-refractivity contribution in [2.45, 2.75) is 26.7 Å². The second kappa shape index (κ2) is 2.58. The van der Waals surface area contributed by atoms with Crippen LogP contribution in [0, 0.1) is 11.8 Å². The maximum absolute atomic E-state index is 11.7. The molecule has 0 spiro atoms. The summed E-state index contributed by atoms with van der Waals surface area (Å²) in [4.78, 5) is 11.7. The van der Waals surface area contributed by atoms with Gasteiger partial charge >= 0.3 is 0 Å².